The average Bonchev–Trinajstić information content (AvgIpc) is 2.45. The lowest BCUT2D eigenvalue weighted by atomic mass is 9.99. The van der Waals surface area contributed by atoms with E-state index in [9.17, 15) is 5.11 Å². The molecule has 0 spiro atoms. The molecule has 4 nitrogen and oxygen atoms in total. The number of aliphatic hydroxyl groups is 1. The van der Waals surface area contributed by atoms with Crippen LogP contribution in [0.15, 0.2) is 12.1 Å². The monoisotopic (exact) mass is 301 g/mol. The SMILES string of the molecule is CCC(O)(CC)COc1c(CNC)cc(Cl)cc1OC. The first kappa shape index (κ1) is 17.1. The second kappa shape index (κ2) is 7.72. The predicted molar refractivity (Wildman–Crippen MR) is 81.8 cm³/mol. The summed E-state index contributed by atoms with van der Waals surface area (Å²) in [5.41, 5.74) is 0.0908. The minimum Gasteiger partial charge on any atom is -0.493 e. The molecule has 2 N–H and O–H groups in total. The molecule has 0 amide bonds. The summed E-state index contributed by atoms with van der Waals surface area (Å²) < 4.78 is 11.2. The Balaban J connectivity index is 3.02. The molecule has 0 fully saturated rings. The van der Waals surface area contributed by atoms with Gasteiger partial charge < -0.3 is 19.9 Å². The zero-order valence-electron chi connectivity index (χ0n) is 12.6. The third-order valence-electron chi connectivity index (χ3n) is 3.49. The number of nitrogens with one attached hydrogen (secondary N) is 1. The lowest BCUT2D eigenvalue weighted by Crippen LogP contribution is -2.34. The third-order valence-corrected chi connectivity index (χ3v) is 3.70. The maximum atomic E-state index is 10.3. The van der Waals surface area contributed by atoms with Gasteiger partial charge in [0.25, 0.3) is 0 Å². The summed E-state index contributed by atoms with van der Waals surface area (Å²) in [4.78, 5) is 0. The predicted octanol–water partition coefficient (Wildman–Crippen LogP) is 3.00. The second-order valence-corrected chi connectivity index (χ2v) is 5.28. The molecule has 0 aromatic heterocycles. The highest BCUT2D eigenvalue weighted by Crippen LogP contribution is 2.35. The van der Waals surface area contributed by atoms with E-state index in [0.717, 1.165) is 5.56 Å². The van der Waals surface area contributed by atoms with Crippen molar-refractivity contribution in [2.75, 3.05) is 20.8 Å². The number of rotatable bonds is 8. The highest BCUT2D eigenvalue weighted by atomic mass is 35.5. The smallest absolute Gasteiger partial charge is 0.165 e. The Morgan fingerprint density at radius 1 is 1.30 bits per heavy atom. The standard InChI is InChI=1S/C15H24ClNO3/c1-5-15(18,6-2)10-20-14-11(9-17-3)7-12(16)8-13(14)19-4/h7-8,17-18H,5-6,9-10H2,1-4H3. The van der Waals surface area contributed by atoms with Gasteiger partial charge in [0, 0.05) is 23.2 Å². The van der Waals surface area contributed by atoms with Gasteiger partial charge in [-0.1, -0.05) is 25.4 Å². The Bertz CT molecular complexity index is 433. The van der Waals surface area contributed by atoms with Crippen molar-refractivity contribution in [2.45, 2.75) is 38.8 Å². The van der Waals surface area contributed by atoms with Gasteiger partial charge in [0.2, 0.25) is 0 Å². The van der Waals surface area contributed by atoms with Gasteiger partial charge in [-0.3, -0.25) is 0 Å². The van der Waals surface area contributed by atoms with E-state index in [1.54, 1.807) is 13.2 Å². The van der Waals surface area contributed by atoms with Crippen LogP contribution in [-0.4, -0.2) is 31.5 Å². The maximum Gasteiger partial charge on any atom is 0.165 e. The molecule has 0 unspecified atom stereocenters. The first-order chi connectivity index (χ1) is 9.49. The summed E-state index contributed by atoms with van der Waals surface area (Å²) >= 11 is 6.07. The highest BCUT2D eigenvalue weighted by molar-refractivity contribution is 6.30. The van der Waals surface area contributed by atoms with Crippen LogP contribution < -0.4 is 14.8 Å². The Hall–Kier alpha value is -0.970. The molecule has 114 valence electrons. The molecule has 0 atom stereocenters. The van der Waals surface area contributed by atoms with Gasteiger partial charge in [0.05, 0.1) is 12.7 Å². The zero-order chi connectivity index (χ0) is 15.2. The van der Waals surface area contributed by atoms with Gasteiger partial charge in [-0.2, -0.15) is 0 Å². The van der Waals surface area contributed by atoms with Crippen molar-refractivity contribution >= 4 is 11.6 Å². The Morgan fingerprint density at radius 2 is 1.95 bits per heavy atom. The van der Waals surface area contributed by atoms with Crippen LogP contribution in [0, 0.1) is 0 Å². The molecule has 0 heterocycles. The Kier molecular flexibility index (Phi) is 6.59. The maximum absolute atomic E-state index is 10.3. The number of hydrogen-bond acceptors (Lipinski definition) is 4. The highest BCUT2D eigenvalue weighted by Gasteiger charge is 2.24. The molecule has 1 aromatic carbocycles. The second-order valence-electron chi connectivity index (χ2n) is 4.85. The molecule has 0 aliphatic carbocycles. The van der Waals surface area contributed by atoms with Crippen molar-refractivity contribution in [3.05, 3.63) is 22.7 Å². The largest absolute Gasteiger partial charge is 0.493 e. The van der Waals surface area contributed by atoms with E-state index in [2.05, 4.69) is 5.32 Å². The van der Waals surface area contributed by atoms with Crippen molar-refractivity contribution in [3.63, 3.8) is 0 Å². The first-order valence-corrected chi connectivity index (χ1v) is 7.23. The van der Waals surface area contributed by atoms with Crippen LogP contribution in [0.3, 0.4) is 0 Å². The van der Waals surface area contributed by atoms with E-state index in [4.69, 9.17) is 21.1 Å². The summed E-state index contributed by atoms with van der Waals surface area (Å²) in [5, 5.41) is 14.0. The van der Waals surface area contributed by atoms with E-state index in [0.29, 0.717) is 35.9 Å². The fourth-order valence-electron chi connectivity index (χ4n) is 1.92. The van der Waals surface area contributed by atoms with Crippen LogP contribution in [0.5, 0.6) is 11.5 Å². The molecular formula is C15H24ClNO3. The van der Waals surface area contributed by atoms with E-state index in [1.165, 1.54) is 0 Å². The molecule has 5 heteroatoms. The summed E-state index contributed by atoms with van der Waals surface area (Å²) in [6, 6.07) is 3.56. The van der Waals surface area contributed by atoms with Gasteiger partial charge in [0.15, 0.2) is 11.5 Å². The average molecular weight is 302 g/mol. The lowest BCUT2D eigenvalue weighted by molar-refractivity contribution is -0.0122. The normalized spacial score (nSPS) is 11.5. The van der Waals surface area contributed by atoms with E-state index in [1.807, 2.05) is 27.0 Å². The molecule has 0 aliphatic heterocycles. The molecular weight excluding hydrogens is 278 g/mol. The van der Waals surface area contributed by atoms with Gasteiger partial charge in [-0.15, -0.1) is 0 Å². The summed E-state index contributed by atoms with van der Waals surface area (Å²) in [6.45, 7) is 4.73. The van der Waals surface area contributed by atoms with Crippen molar-refractivity contribution in [3.8, 4) is 11.5 Å². The van der Waals surface area contributed by atoms with Gasteiger partial charge >= 0.3 is 0 Å². The molecule has 0 radical (unpaired) electrons. The van der Waals surface area contributed by atoms with Crippen molar-refractivity contribution < 1.29 is 14.6 Å². The van der Waals surface area contributed by atoms with E-state index < -0.39 is 5.60 Å². The van der Waals surface area contributed by atoms with Crippen LogP contribution in [0.25, 0.3) is 0 Å². The zero-order valence-corrected chi connectivity index (χ0v) is 13.4. The summed E-state index contributed by atoms with van der Waals surface area (Å²) in [6.07, 6.45) is 1.28. The van der Waals surface area contributed by atoms with Crippen molar-refractivity contribution in [1.29, 1.82) is 0 Å². The molecule has 0 saturated carbocycles. The Morgan fingerprint density at radius 3 is 2.45 bits per heavy atom. The minimum absolute atomic E-state index is 0.231. The molecule has 0 bridgehead atoms. The number of hydrogen-bond donors (Lipinski definition) is 2. The number of benzene rings is 1. The fraction of sp³-hybridized carbons (Fsp3) is 0.600. The van der Waals surface area contributed by atoms with Crippen molar-refractivity contribution in [1.82, 2.24) is 5.32 Å². The Labute approximate surface area is 126 Å². The van der Waals surface area contributed by atoms with Crippen LogP contribution in [0.4, 0.5) is 0 Å². The minimum atomic E-state index is -0.818. The van der Waals surface area contributed by atoms with Gasteiger partial charge in [0.1, 0.15) is 6.61 Å². The molecule has 20 heavy (non-hydrogen) atoms. The number of ether oxygens (including phenoxy) is 2. The fourth-order valence-corrected chi connectivity index (χ4v) is 2.15. The summed E-state index contributed by atoms with van der Waals surface area (Å²) in [7, 11) is 3.43. The third kappa shape index (κ3) is 4.27. The van der Waals surface area contributed by atoms with E-state index >= 15 is 0 Å². The quantitative estimate of drug-likeness (QED) is 0.775. The van der Waals surface area contributed by atoms with Crippen molar-refractivity contribution in [2.24, 2.45) is 0 Å². The lowest BCUT2D eigenvalue weighted by Gasteiger charge is -2.26. The van der Waals surface area contributed by atoms with Crippen LogP contribution >= 0.6 is 11.6 Å². The molecule has 1 rings (SSSR count). The molecule has 1 aromatic rings. The topological polar surface area (TPSA) is 50.7 Å². The molecule has 0 saturated heterocycles. The van der Waals surface area contributed by atoms with Gasteiger partial charge in [-0.25, -0.2) is 0 Å². The van der Waals surface area contributed by atoms with Crippen LogP contribution in [-0.2, 0) is 6.54 Å². The first-order valence-electron chi connectivity index (χ1n) is 6.85. The summed E-state index contributed by atoms with van der Waals surface area (Å²) in [5.74, 6) is 1.21. The molecule has 0 aliphatic rings. The van der Waals surface area contributed by atoms with Crippen LogP contribution in [0.1, 0.15) is 32.3 Å². The van der Waals surface area contributed by atoms with Crippen LogP contribution in [0.2, 0.25) is 5.02 Å². The van der Waals surface area contributed by atoms with E-state index in [-0.39, 0.29) is 6.61 Å². The number of halogens is 1. The van der Waals surface area contributed by atoms with Gasteiger partial charge in [-0.05, 0) is 26.0 Å². The number of methoxy groups -OCH3 is 1.